The van der Waals surface area contributed by atoms with Gasteiger partial charge < -0.3 is 0 Å². The molecule has 16 heavy (non-hydrogen) atoms. The molecular formula is C11H8ClN3S. The monoisotopic (exact) mass is 249 g/mol. The topological polar surface area (TPSA) is 38.1 Å². The van der Waals surface area contributed by atoms with E-state index in [0.29, 0.717) is 10.2 Å². The smallest absolute Gasteiger partial charge is 0.163 e. The molecule has 0 saturated heterocycles. The summed E-state index contributed by atoms with van der Waals surface area (Å²) in [7, 11) is 0. The first-order chi connectivity index (χ1) is 7.86. The van der Waals surface area contributed by atoms with Gasteiger partial charge in [-0.05, 0) is 5.56 Å². The van der Waals surface area contributed by atoms with Gasteiger partial charge in [0.1, 0.15) is 0 Å². The molecule has 0 aliphatic carbocycles. The lowest BCUT2D eigenvalue weighted by Gasteiger charge is -1.95. The predicted octanol–water partition coefficient (Wildman–Crippen LogP) is 3.26. The summed E-state index contributed by atoms with van der Waals surface area (Å²) in [4.78, 5) is 7.98. The van der Waals surface area contributed by atoms with Crippen LogP contribution in [0.15, 0.2) is 52.1 Å². The maximum Gasteiger partial charge on any atom is 0.163 e. The Morgan fingerprint density at radius 1 is 1.12 bits per heavy atom. The van der Waals surface area contributed by atoms with Crippen LogP contribution in [0.1, 0.15) is 5.56 Å². The van der Waals surface area contributed by atoms with Crippen molar-refractivity contribution in [3.05, 3.63) is 53.4 Å². The van der Waals surface area contributed by atoms with E-state index < -0.39 is 0 Å². The van der Waals surface area contributed by atoms with E-state index in [-0.39, 0.29) is 0 Å². The van der Waals surface area contributed by atoms with Crippen LogP contribution in [0.5, 0.6) is 0 Å². The van der Waals surface area contributed by atoms with Gasteiger partial charge in [-0.1, -0.05) is 41.9 Å². The van der Waals surface area contributed by atoms with Gasteiger partial charge in [-0.15, -0.1) is 0 Å². The zero-order chi connectivity index (χ0) is 11.2. The van der Waals surface area contributed by atoms with Gasteiger partial charge in [0.25, 0.3) is 0 Å². The Morgan fingerprint density at radius 2 is 1.88 bits per heavy atom. The van der Waals surface area contributed by atoms with Crippen LogP contribution in [-0.4, -0.2) is 16.2 Å². The summed E-state index contributed by atoms with van der Waals surface area (Å²) in [6, 6.07) is 9.83. The molecule has 1 aromatic heterocycles. The molecule has 3 nitrogen and oxygen atoms in total. The van der Waals surface area contributed by atoms with Crippen LogP contribution < -0.4 is 0 Å². The summed E-state index contributed by atoms with van der Waals surface area (Å²) in [6.45, 7) is 0. The number of halogens is 1. The highest BCUT2D eigenvalue weighted by atomic mass is 35.5. The highest BCUT2D eigenvalue weighted by molar-refractivity contribution is 7.98. The number of aromatic nitrogens is 2. The Balaban J connectivity index is 2.03. The minimum atomic E-state index is 0.373. The van der Waals surface area contributed by atoms with E-state index in [1.54, 1.807) is 18.6 Å². The van der Waals surface area contributed by atoms with E-state index in [2.05, 4.69) is 14.4 Å². The average Bonchev–Trinajstić information content (AvgIpc) is 2.33. The summed E-state index contributed by atoms with van der Waals surface area (Å²) >= 11 is 7.04. The van der Waals surface area contributed by atoms with Gasteiger partial charge in [-0.3, -0.25) is 0 Å². The van der Waals surface area contributed by atoms with Crippen LogP contribution in [-0.2, 0) is 0 Å². The van der Waals surface area contributed by atoms with Crippen molar-refractivity contribution in [2.45, 2.75) is 5.03 Å². The van der Waals surface area contributed by atoms with Crippen molar-refractivity contribution in [3.63, 3.8) is 0 Å². The largest absolute Gasteiger partial charge is 0.243 e. The SMILES string of the molecule is Clc1nccnc1SN=Cc1ccccc1. The van der Waals surface area contributed by atoms with Crippen LogP contribution >= 0.6 is 23.5 Å². The number of hydrogen-bond donors (Lipinski definition) is 0. The van der Waals surface area contributed by atoms with E-state index >= 15 is 0 Å². The summed E-state index contributed by atoms with van der Waals surface area (Å²) < 4.78 is 4.18. The van der Waals surface area contributed by atoms with Crippen molar-refractivity contribution in [1.82, 2.24) is 9.97 Å². The summed E-state index contributed by atoms with van der Waals surface area (Å²) in [6.07, 6.45) is 4.90. The van der Waals surface area contributed by atoms with Crippen LogP contribution in [0.25, 0.3) is 0 Å². The van der Waals surface area contributed by atoms with Gasteiger partial charge >= 0.3 is 0 Å². The highest BCUT2D eigenvalue weighted by Gasteiger charge is 2.00. The van der Waals surface area contributed by atoms with Crippen LogP contribution in [0.3, 0.4) is 0 Å². The molecule has 0 atom stereocenters. The zero-order valence-corrected chi connectivity index (χ0v) is 9.82. The Hall–Kier alpha value is -1.39. The third-order valence-corrected chi connectivity index (χ3v) is 2.83. The highest BCUT2D eigenvalue weighted by Crippen LogP contribution is 2.22. The van der Waals surface area contributed by atoms with E-state index in [1.165, 1.54) is 11.9 Å². The molecule has 1 aromatic carbocycles. The second kappa shape index (κ2) is 5.63. The minimum absolute atomic E-state index is 0.373. The number of hydrogen-bond acceptors (Lipinski definition) is 4. The first kappa shape index (κ1) is 11.1. The van der Waals surface area contributed by atoms with Crippen molar-refractivity contribution in [2.75, 3.05) is 0 Å². The van der Waals surface area contributed by atoms with Gasteiger partial charge in [-0.2, -0.15) is 0 Å². The first-order valence-electron chi connectivity index (χ1n) is 4.58. The quantitative estimate of drug-likeness (QED) is 0.619. The van der Waals surface area contributed by atoms with Crippen molar-refractivity contribution in [1.29, 1.82) is 0 Å². The number of rotatable bonds is 3. The van der Waals surface area contributed by atoms with Crippen LogP contribution in [0.4, 0.5) is 0 Å². The molecule has 0 unspecified atom stereocenters. The molecule has 0 amide bonds. The molecule has 0 saturated carbocycles. The molecule has 0 N–H and O–H groups in total. The van der Waals surface area contributed by atoms with Crippen LogP contribution in [0, 0.1) is 0 Å². The number of benzene rings is 1. The zero-order valence-electron chi connectivity index (χ0n) is 8.25. The molecule has 0 aliphatic rings. The van der Waals surface area contributed by atoms with Gasteiger partial charge in [0.2, 0.25) is 0 Å². The first-order valence-corrected chi connectivity index (χ1v) is 5.73. The predicted molar refractivity (Wildman–Crippen MR) is 66.9 cm³/mol. The molecule has 1 heterocycles. The average molecular weight is 250 g/mol. The molecule has 5 heteroatoms. The van der Waals surface area contributed by atoms with Gasteiger partial charge in [-0.25, -0.2) is 14.4 Å². The molecular weight excluding hydrogens is 242 g/mol. The molecule has 2 aromatic rings. The summed E-state index contributed by atoms with van der Waals surface area (Å²) in [5.74, 6) is 0. The molecule has 80 valence electrons. The third-order valence-electron chi connectivity index (χ3n) is 1.76. The third kappa shape index (κ3) is 3.05. The van der Waals surface area contributed by atoms with Gasteiger partial charge in [0, 0.05) is 30.6 Å². The fourth-order valence-corrected chi connectivity index (χ4v) is 1.76. The lowest BCUT2D eigenvalue weighted by molar-refractivity contribution is 1.06. The Labute approximate surface area is 103 Å². The number of nitrogens with zero attached hydrogens (tertiary/aromatic N) is 3. The Kier molecular flexibility index (Phi) is 3.91. The van der Waals surface area contributed by atoms with Gasteiger partial charge in [0.15, 0.2) is 10.2 Å². The maximum absolute atomic E-state index is 5.84. The standard InChI is InChI=1S/C11H8ClN3S/c12-10-11(14-7-6-13-10)16-15-8-9-4-2-1-3-5-9/h1-8H. The lowest BCUT2D eigenvalue weighted by Crippen LogP contribution is -1.83. The van der Waals surface area contributed by atoms with E-state index in [9.17, 15) is 0 Å². The molecule has 2 rings (SSSR count). The fourth-order valence-electron chi connectivity index (χ4n) is 1.05. The molecule has 0 bridgehead atoms. The Morgan fingerprint density at radius 3 is 2.62 bits per heavy atom. The van der Waals surface area contributed by atoms with E-state index in [0.717, 1.165) is 5.56 Å². The normalized spacial score (nSPS) is 10.8. The maximum atomic E-state index is 5.84. The van der Waals surface area contributed by atoms with Crippen molar-refractivity contribution in [2.24, 2.45) is 4.40 Å². The minimum Gasteiger partial charge on any atom is -0.243 e. The van der Waals surface area contributed by atoms with Crippen molar-refractivity contribution < 1.29 is 0 Å². The summed E-state index contributed by atoms with van der Waals surface area (Å²) in [5.41, 5.74) is 1.04. The van der Waals surface area contributed by atoms with Crippen LogP contribution in [0.2, 0.25) is 5.15 Å². The second-order valence-corrected chi connectivity index (χ2v) is 4.03. The molecule has 0 spiro atoms. The van der Waals surface area contributed by atoms with E-state index in [4.69, 9.17) is 11.6 Å². The summed E-state index contributed by atoms with van der Waals surface area (Å²) in [5, 5.41) is 0.981. The molecule has 0 aliphatic heterocycles. The van der Waals surface area contributed by atoms with Gasteiger partial charge in [0.05, 0.1) is 0 Å². The molecule has 0 fully saturated rings. The van der Waals surface area contributed by atoms with Crippen molar-refractivity contribution in [3.8, 4) is 0 Å². The fraction of sp³-hybridized carbons (Fsp3) is 0. The Bertz CT molecular complexity index is 488. The molecule has 0 radical (unpaired) electrons. The van der Waals surface area contributed by atoms with E-state index in [1.807, 2.05) is 30.3 Å². The van der Waals surface area contributed by atoms with Crippen molar-refractivity contribution >= 4 is 29.8 Å². The second-order valence-electron chi connectivity index (χ2n) is 2.89. The lowest BCUT2D eigenvalue weighted by atomic mass is 10.2.